The summed E-state index contributed by atoms with van der Waals surface area (Å²) in [5.41, 5.74) is 1.11. The van der Waals surface area contributed by atoms with Crippen molar-refractivity contribution in [2.75, 3.05) is 42.9 Å². The number of carbonyl (C=O) groups excluding carboxylic acids is 3. The highest BCUT2D eigenvalue weighted by Crippen LogP contribution is 2.37. The van der Waals surface area contributed by atoms with Crippen LogP contribution < -0.4 is 15.5 Å². The van der Waals surface area contributed by atoms with Gasteiger partial charge in [-0.15, -0.1) is 0 Å². The zero-order valence-corrected chi connectivity index (χ0v) is 27.0. The first-order valence-electron chi connectivity index (χ1n) is 16.2. The normalized spacial score (nSPS) is 23.3. The van der Waals surface area contributed by atoms with Crippen LogP contribution in [0.25, 0.3) is 0 Å². The highest BCUT2D eigenvalue weighted by Gasteiger charge is 2.38. The number of ether oxygens (including phenoxy) is 1. The van der Waals surface area contributed by atoms with Crippen LogP contribution in [0.4, 0.5) is 16.6 Å². The maximum absolute atomic E-state index is 13.6. The van der Waals surface area contributed by atoms with Crippen LogP contribution in [0.15, 0.2) is 24.3 Å². The van der Waals surface area contributed by atoms with Gasteiger partial charge in [0.15, 0.2) is 0 Å². The molecule has 3 amide bonds. The lowest BCUT2D eigenvalue weighted by Gasteiger charge is -2.40. The van der Waals surface area contributed by atoms with Gasteiger partial charge < -0.3 is 35.4 Å². The second kappa shape index (κ2) is 12.6. The van der Waals surface area contributed by atoms with Gasteiger partial charge in [-0.2, -0.15) is 4.98 Å². The summed E-state index contributed by atoms with van der Waals surface area (Å²) >= 11 is 0. The van der Waals surface area contributed by atoms with Crippen LogP contribution in [-0.2, 0) is 22.5 Å². The number of likely N-dealkylation sites (tertiary alicyclic amines) is 1. The van der Waals surface area contributed by atoms with Gasteiger partial charge in [0.2, 0.25) is 11.9 Å². The fraction of sp³-hybridized carbons (Fsp3) is 0.606. The molecule has 3 aliphatic heterocycles. The van der Waals surface area contributed by atoms with Crippen molar-refractivity contribution in [1.29, 1.82) is 0 Å². The Hall–Kier alpha value is -4.13. The first-order valence-corrected chi connectivity index (χ1v) is 16.2. The Morgan fingerprint density at radius 2 is 1.76 bits per heavy atom. The van der Waals surface area contributed by atoms with Gasteiger partial charge in [0, 0.05) is 52.3 Å². The standard InChI is InChI=1S/C33H45N7O6/c1-19(41)38-17-24(18-38)35-29-12-26(36-31(37-29)39-14-20-5-6-21(9-20)15-39)30(44)34-13-28(43)27-11-22-7-8-25(42)10-23(22)16-40(27)32(45)46-33(2,3)4/h7-8,10,12,20-21,24,27-28,42-43H,5-6,9,11,13-18H2,1-4H3,(H,34,44)(H,35,36,37)/t20?,21?,27-,28+/m0/s1. The van der Waals surface area contributed by atoms with Crippen LogP contribution in [0.5, 0.6) is 5.75 Å². The number of aromatic hydroxyl groups is 1. The molecular formula is C33H45N7O6. The lowest BCUT2D eigenvalue weighted by atomic mass is 9.91. The van der Waals surface area contributed by atoms with Crippen LogP contribution in [-0.4, -0.2) is 104 Å². The maximum atomic E-state index is 13.6. The number of nitrogens with zero attached hydrogens (tertiary/aromatic N) is 5. The second-order valence-corrected chi connectivity index (χ2v) is 14.3. The fourth-order valence-corrected chi connectivity index (χ4v) is 7.06. The Bertz CT molecular complexity index is 1480. The fourth-order valence-electron chi connectivity index (χ4n) is 7.06. The van der Waals surface area contributed by atoms with E-state index in [2.05, 4.69) is 20.5 Å². The minimum atomic E-state index is -1.11. The van der Waals surface area contributed by atoms with E-state index in [1.807, 2.05) is 0 Å². The summed E-state index contributed by atoms with van der Waals surface area (Å²) in [5, 5.41) is 27.6. The number of aliphatic hydroxyl groups excluding tert-OH is 1. The van der Waals surface area contributed by atoms with Crippen molar-refractivity contribution in [2.24, 2.45) is 11.8 Å². The summed E-state index contributed by atoms with van der Waals surface area (Å²) in [4.78, 5) is 53.3. The third-order valence-corrected chi connectivity index (χ3v) is 9.42. The predicted molar refractivity (Wildman–Crippen MR) is 170 cm³/mol. The SMILES string of the molecule is CC(=O)N1CC(Nc2cc(C(=O)NC[C@@H](O)[C@@H]3Cc4ccc(O)cc4CN3C(=O)OC(C)(C)C)nc(N3CC4CCC(C4)C3)n2)C1. The van der Waals surface area contributed by atoms with Gasteiger partial charge in [-0.1, -0.05) is 6.07 Å². The lowest BCUT2D eigenvalue weighted by Crippen LogP contribution is -2.56. The molecule has 4 aliphatic rings. The number of phenolic OH excluding ortho intramolecular Hbond substituents is 1. The number of amides is 3. The Morgan fingerprint density at radius 3 is 2.43 bits per heavy atom. The number of carbonyl (C=O) groups is 3. The molecule has 4 N–H and O–H groups in total. The van der Waals surface area contributed by atoms with Gasteiger partial charge >= 0.3 is 6.09 Å². The zero-order chi connectivity index (χ0) is 32.7. The molecule has 1 aromatic heterocycles. The molecule has 0 radical (unpaired) electrons. The van der Waals surface area contributed by atoms with Crippen LogP contribution in [0.1, 0.15) is 68.6 Å². The minimum absolute atomic E-state index is 0.0219. The highest BCUT2D eigenvalue weighted by molar-refractivity contribution is 5.93. The molecule has 3 fully saturated rings. The van der Waals surface area contributed by atoms with E-state index in [-0.39, 0.29) is 36.5 Å². The van der Waals surface area contributed by atoms with Gasteiger partial charge in [-0.05, 0) is 81.5 Å². The number of anilines is 2. The van der Waals surface area contributed by atoms with Crippen LogP contribution in [0.3, 0.4) is 0 Å². The van der Waals surface area contributed by atoms with E-state index < -0.39 is 29.7 Å². The number of aromatic nitrogens is 2. The van der Waals surface area contributed by atoms with Gasteiger partial charge in [0.05, 0.1) is 18.2 Å². The van der Waals surface area contributed by atoms with Crippen molar-refractivity contribution < 1.29 is 29.3 Å². The molecule has 2 bridgehead atoms. The predicted octanol–water partition coefficient (Wildman–Crippen LogP) is 2.51. The number of hydrogen-bond donors (Lipinski definition) is 4. The Labute approximate surface area is 269 Å². The Morgan fingerprint density at radius 1 is 1.04 bits per heavy atom. The van der Waals surface area contributed by atoms with Crippen molar-refractivity contribution in [1.82, 2.24) is 25.1 Å². The van der Waals surface area contributed by atoms with Gasteiger partial charge in [-0.3, -0.25) is 14.5 Å². The van der Waals surface area contributed by atoms with Crippen molar-refractivity contribution in [2.45, 2.75) is 83.7 Å². The summed E-state index contributed by atoms with van der Waals surface area (Å²) in [6, 6.07) is 5.95. The van der Waals surface area contributed by atoms with E-state index in [0.717, 1.165) is 24.2 Å². The molecule has 1 aliphatic carbocycles. The van der Waals surface area contributed by atoms with E-state index in [4.69, 9.17) is 9.72 Å². The van der Waals surface area contributed by atoms with Gasteiger partial charge in [0.25, 0.3) is 5.91 Å². The molecule has 6 rings (SSSR count). The monoisotopic (exact) mass is 635 g/mol. The molecule has 1 saturated carbocycles. The van der Waals surface area contributed by atoms with Gasteiger partial charge in [0.1, 0.15) is 22.9 Å². The molecule has 13 heteroatoms. The quantitative estimate of drug-likeness (QED) is 0.356. The Kier molecular flexibility index (Phi) is 8.70. The number of aliphatic hydroxyl groups is 1. The number of benzene rings is 1. The van der Waals surface area contributed by atoms with Crippen molar-refractivity contribution in [3.8, 4) is 5.75 Å². The number of rotatable bonds is 7. The molecule has 4 heterocycles. The van der Waals surface area contributed by atoms with E-state index in [9.17, 15) is 24.6 Å². The highest BCUT2D eigenvalue weighted by atomic mass is 16.6. The number of nitrogens with one attached hydrogen (secondary N) is 2. The van der Waals surface area contributed by atoms with E-state index in [1.165, 1.54) is 24.2 Å². The number of phenols is 1. The Balaban J connectivity index is 1.18. The van der Waals surface area contributed by atoms with Crippen molar-refractivity contribution in [3.05, 3.63) is 41.1 Å². The third kappa shape index (κ3) is 7.14. The van der Waals surface area contributed by atoms with Gasteiger partial charge in [-0.25, -0.2) is 9.78 Å². The van der Waals surface area contributed by atoms with Crippen molar-refractivity contribution >= 4 is 29.7 Å². The van der Waals surface area contributed by atoms with E-state index in [1.54, 1.807) is 56.9 Å². The van der Waals surface area contributed by atoms with E-state index >= 15 is 0 Å². The maximum Gasteiger partial charge on any atom is 0.410 e. The average Bonchev–Trinajstić information content (AvgIpc) is 3.32. The van der Waals surface area contributed by atoms with E-state index in [0.29, 0.717) is 43.1 Å². The lowest BCUT2D eigenvalue weighted by molar-refractivity contribution is -0.132. The number of hydrogen-bond acceptors (Lipinski definition) is 10. The molecule has 2 aromatic rings. The summed E-state index contributed by atoms with van der Waals surface area (Å²) in [7, 11) is 0. The van der Waals surface area contributed by atoms with Crippen molar-refractivity contribution in [3.63, 3.8) is 0 Å². The third-order valence-electron chi connectivity index (χ3n) is 9.42. The van der Waals surface area contributed by atoms with Crippen LogP contribution in [0.2, 0.25) is 0 Å². The minimum Gasteiger partial charge on any atom is -0.508 e. The first-order chi connectivity index (χ1) is 21.8. The summed E-state index contributed by atoms with van der Waals surface area (Å²) in [5.74, 6) is 1.86. The molecule has 4 atom stereocenters. The zero-order valence-electron chi connectivity index (χ0n) is 27.0. The largest absolute Gasteiger partial charge is 0.508 e. The molecule has 1 aromatic carbocycles. The molecule has 248 valence electrons. The molecule has 13 nitrogen and oxygen atoms in total. The number of piperidine rings is 1. The molecular weight excluding hydrogens is 590 g/mol. The topological polar surface area (TPSA) is 160 Å². The molecule has 2 unspecified atom stereocenters. The summed E-state index contributed by atoms with van der Waals surface area (Å²) < 4.78 is 5.64. The molecule has 46 heavy (non-hydrogen) atoms. The van der Waals surface area contributed by atoms with Crippen LogP contribution >= 0.6 is 0 Å². The van der Waals surface area contributed by atoms with Crippen LogP contribution in [0, 0.1) is 11.8 Å². The average molecular weight is 636 g/mol. The second-order valence-electron chi connectivity index (χ2n) is 14.3. The summed E-state index contributed by atoms with van der Waals surface area (Å²) in [6.45, 7) is 9.73. The smallest absolute Gasteiger partial charge is 0.410 e. The first kappa shape index (κ1) is 31.8. The summed E-state index contributed by atoms with van der Waals surface area (Å²) in [6.07, 6.45) is 2.25. The number of fused-ring (bicyclic) bond motifs is 3. The molecule has 2 saturated heterocycles. The molecule has 0 spiro atoms.